The zero-order chi connectivity index (χ0) is 22.3. The Bertz CT molecular complexity index is 1110. The molecule has 0 fully saturated rings. The molecule has 1 aliphatic rings. The number of nitriles is 1. The zero-order valence-electron chi connectivity index (χ0n) is 17.4. The van der Waals surface area contributed by atoms with Crippen LogP contribution in [0.15, 0.2) is 78.9 Å². The average Bonchev–Trinajstić information content (AvgIpc) is 3.15. The third kappa shape index (κ3) is 4.79. The smallest absolute Gasteiger partial charge is 0.408 e. The van der Waals surface area contributed by atoms with Gasteiger partial charge in [-0.05, 0) is 27.8 Å². The number of rotatable bonds is 7. The van der Waals surface area contributed by atoms with Crippen molar-refractivity contribution in [1.29, 1.82) is 5.26 Å². The molecule has 1 atom stereocenters. The van der Waals surface area contributed by atoms with Crippen molar-refractivity contribution in [2.75, 3.05) is 6.61 Å². The Labute approximate surface area is 186 Å². The minimum atomic E-state index is -1.03. The Hall–Kier alpha value is -4.11. The van der Waals surface area contributed by atoms with Crippen LogP contribution in [-0.2, 0) is 20.9 Å². The van der Waals surface area contributed by atoms with Crippen molar-refractivity contribution >= 4 is 12.1 Å². The SMILES string of the molecule is N#C[C@H](CC(=O)OCc1ccccc1)NC(=O)OCC1c2ccccc2-c2ccccc21. The fourth-order valence-corrected chi connectivity index (χ4v) is 3.87. The van der Waals surface area contributed by atoms with Crippen LogP contribution in [0.4, 0.5) is 4.79 Å². The van der Waals surface area contributed by atoms with E-state index in [1.165, 1.54) is 0 Å². The van der Waals surface area contributed by atoms with Crippen LogP contribution in [0, 0.1) is 11.3 Å². The molecule has 3 aromatic carbocycles. The standard InChI is InChI=1S/C26H22N2O4/c27-15-19(14-25(29)31-16-18-8-2-1-3-9-18)28-26(30)32-17-24-22-12-6-4-10-20(22)21-11-5-7-13-23(21)24/h1-13,19,24H,14,16-17H2,(H,28,30)/t19-/m0/s1. The van der Waals surface area contributed by atoms with Gasteiger partial charge in [0.15, 0.2) is 0 Å². The van der Waals surface area contributed by atoms with Crippen molar-refractivity contribution in [3.63, 3.8) is 0 Å². The van der Waals surface area contributed by atoms with Gasteiger partial charge >= 0.3 is 12.1 Å². The molecule has 6 heteroatoms. The van der Waals surface area contributed by atoms with E-state index in [0.717, 1.165) is 27.8 Å². The maximum atomic E-state index is 12.3. The number of carbonyl (C=O) groups excluding carboxylic acids is 2. The van der Waals surface area contributed by atoms with Crippen molar-refractivity contribution < 1.29 is 19.1 Å². The van der Waals surface area contributed by atoms with Gasteiger partial charge in [0.1, 0.15) is 19.3 Å². The number of benzene rings is 3. The van der Waals surface area contributed by atoms with E-state index in [2.05, 4.69) is 17.4 Å². The van der Waals surface area contributed by atoms with Gasteiger partial charge in [-0.3, -0.25) is 4.79 Å². The molecular formula is C26H22N2O4. The summed E-state index contributed by atoms with van der Waals surface area (Å²) in [5.74, 6) is -0.649. The highest BCUT2D eigenvalue weighted by Crippen LogP contribution is 2.44. The summed E-state index contributed by atoms with van der Waals surface area (Å²) in [4.78, 5) is 24.4. The molecule has 6 nitrogen and oxygen atoms in total. The summed E-state index contributed by atoms with van der Waals surface area (Å²) in [7, 11) is 0. The Kier molecular flexibility index (Phi) is 6.47. The number of hydrogen-bond acceptors (Lipinski definition) is 5. The fourth-order valence-electron chi connectivity index (χ4n) is 3.87. The lowest BCUT2D eigenvalue weighted by Gasteiger charge is -2.16. The minimum Gasteiger partial charge on any atom is -0.461 e. The van der Waals surface area contributed by atoms with E-state index >= 15 is 0 Å². The summed E-state index contributed by atoms with van der Waals surface area (Å²) in [6, 6.07) is 26.2. The lowest BCUT2D eigenvalue weighted by atomic mass is 9.98. The van der Waals surface area contributed by atoms with Gasteiger partial charge in [-0.25, -0.2) is 4.79 Å². The number of nitrogens with one attached hydrogen (secondary N) is 1. The molecule has 0 saturated heterocycles. The van der Waals surface area contributed by atoms with Crippen LogP contribution >= 0.6 is 0 Å². The molecule has 0 spiro atoms. The number of nitrogens with zero attached hydrogens (tertiary/aromatic N) is 1. The second-order valence-corrected chi connectivity index (χ2v) is 7.50. The quantitative estimate of drug-likeness (QED) is 0.560. The van der Waals surface area contributed by atoms with Gasteiger partial charge in [-0.2, -0.15) is 5.26 Å². The lowest BCUT2D eigenvalue weighted by Crippen LogP contribution is -2.36. The third-order valence-electron chi connectivity index (χ3n) is 5.41. The summed E-state index contributed by atoms with van der Waals surface area (Å²) >= 11 is 0. The molecule has 0 aromatic heterocycles. The normalized spacial score (nSPS) is 12.7. The van der Waals surface area contributed by atoms with Gasteiger partial charge in [-0.1, -0.05) is 78.9 Å². The summed E-state index contributed by atoms with van der Waals surface area (Å²) in [6.45, 7) is 0.249. The Morgan fingerprint density at radius 2 is 1.47 bits per heavy atom. The van der Waals surface area contributed by atoms with Crippen LogP contribution in [0.5, 0.6) is 0 Å². The molecule has 1 amide bonds. The number of amides is 1. The van der Waals surface area contributed by atoms with Crippen LogP contribution in [-0.4, -0.2) is 24.7 Å². The topological polar surface area (TPSA) is 88.4 Å². The molecule has 160 valence electrons. The van der Waals surface area contributed by atoms with E-state index in [1.54, 1.807) is 0 Å². The molecular weight excluding hydrogens is 404 g/mol. The molecule has 4 rings (SSSR count). The van der Waals surface area contributed by atoms with Gasteiger partial charge in [0.05, 0.1) is 12.5 Å². The van der Waals surface area contributed by atoms with E-state index in [1.807, 2.05) is 72.8 Å². The third-order valence-corrected chi connectivity index (χ3v) is 5.41. The lowest BCUT2D eigenvalue weighted by molar-refractivity contribution is -0.145. The number of hydrogen-bond donors (Lipinski definition) is 1. The Balaban J connectivity index is 1.30. The first-order valence-electron chi connectivity index (χ1n) is 10.4. The second-order valence-electron chi connectivity index (χ2n) is 7.50. The number of fused-ring (bicyclic) bond motifs is 3. The van der Waals surface area contributed by atoms with E-state index < -0.39 is 18.1 Å². The van der Waals surface area contributed by atoms with Crippen LogP contribution in [0.25, 0.3) is 11.1 Å². The largest absolute Gasteiger partial charge is 0.461 e. The molecule has 1 aliphatic carbocycles. The first-order valence-corrected chi connectivity index (χ1v) is 10.4. The Morgan fingerprint density at radius 1 is 0.875 bits per heavy atom. The number of ether oxygens (including phenoxy) is 2. The molecule has 0 radical (unpaired) electrons. The predicted octanol–water partition coefficient (Wildman–Crippen LogP) is 4.55. The molecule has 0 heterocycles. The van der Waals surface area contributed by atoms with Crippen LogP contribution in [0.1, 0.15) is 29.0 Å². The van der Waals surface area contributed by atoms with Crippen LogP contribution in [0.2, 0.25) is 0 Å². The molecule has 0 aliphatic heterocycles. The molecule has 1 N–H and O–H groups in total. The number of esters is 1. The van der Waals surface area contributed by atoms with E-state index in [4.69, 9.17) is 9.47 Å². The summed E-state index contributed by atoms with van der Waals surface area (Å²) in [6.07, 6.45) is -0.998. The van der Waals surface area contributed by atoms with Crippen molar-refractivity contribution in [3.05, 3.63) is 95.6 Å². The predicted molar refractivity (Wildman–Crippen MR) is 118 cm³/mol. The molecule has 3 aromatic rings. The van der Waals surface area contributed by atoms with Gasteiger partial charge < -0.3 is 14.8 Å². The number of alkyl carbamates (subject to hydrolysis) is 1. The highest BCUT2D eigenvalue weighted by Gasteiger charge is 2.29. The molecule has 32 heavy (non-hydrogen) atoms. The monoisotopic (exact) mass is 426 g/mol. The zero-order valence-corrected chi connectivity index (χ0v) is 17.4. The van der Waals surface area contributed by atoms with Crippen molar-refractivity contribution in [2.45, 2.75) is 25.0 Å². The first-order chi connectivity index (χ1) is 15.7. The maximum absolute atomic E-state index is 12.3. The first kappa shape index (κ1) is 21.1. The molecule has 0 bridgehead atoms. The average molecular weight is 426 g/mol. The summed E-state index contributed by atoms with van der Waals surface area (Å²) < 4.78 is 10.6. The number of carbonyl (C=O) groups is 2. The highest BCUT2D eigenvalue weighted by atomic mass is 16.5. The van der Waals surface area contributed by atoms with Gasteiger partial charge in [0.25, 0.3) is 0 Å². The Morgan fingerprint density at radius 3 is 2.09 bits per heavy atom. The van der Waals surface area contributed by atoms with E-state index in [0.29, 0.717) is 0 Å². The van der Waals surface area contributed by atoms with Crippen molar-refractivity contribution in [1.82, 2.24) is 5.32 Å². The van der Waals surface area contributed by atoms with Gasteiger partial charge in [0.2, 0.25) is 0 Å². The minimum absolute atomic E-state index is 0.0791. The van der Waals surface area contributed by atoms with Gasteiger partial charge in [0, 0.05) is 5.92 Å². The fraction of sp³-hybridized carbons (Fsp3) is 0.192. The maximum Gasteiger partial charge on any atom is 0.408 e. The van der Waals surface area contributed by atoms with E-state index in [-0.39, 0.29) is 25.6 Å². The van der Waals surface area contributed by atoms with Crippen LogP contribution in [0.3, 0.4) is 0 Å². The van der Waals surface area contributed by atoms with Crippen molar-refractivity contribution in [2.24, 2.45) is 0 Å². The summed E-state index contributed by atoms with van der Waals surface area (Å²) in [5.41, 5.74) is 5.31. The molecule has 0 saturated carbocycles. The van der Waals surface area contributed by atoms with Crippen LogP contribution < -0.4 is 5.32 Å². The van der Waals surface area contributed by atoms with Gasteiger partial charge in [-0.15, -0.1) is 0 Å². The van der Waals surface area contributed by atoms with Crippen molar-refractivity contribution in [3.8, 4) is 17.2 Å². The second kappa shape index (κ2) is 9.80. The van der Waals surface area contributed by atoms with E-state index in [9.17, 15) is 14.9 Å². The molecule has 0 unspecified atom stereocenters. The summed E-state index contributed by atoms with van der Waals surface area (Å²) in [5, 5.41) is 11.8. The highest BCUT2D eigenvalue weighted by molar-refractivity contribution is 5.79.